The van der Waals surface area contributed by atoms with E-state index in [-0.39, 0.29) is 0 Å². The largest absolute Gasteiger partial charge is 0.384 e. The Labute approximate surface area is 117 Å². The molecule has 0 saturated carbocycles. The average Bonchev–Trinajstić information content (AvgIpc) is 2.78. The van der Waals surface area contributed by atoms with Crippen molar-refractivity contribution in [3.8, 4) is 0 Å². The van der Waals surface area contributed by atoms with E-state index in [1.807, 2.05) is 37.3 Å². The predicted molar refractivity (Wildman–Crippen MR) is 80.0 cm³/mol. The minimum absolute atomic E-state index is 0.368. The highest BCUT2D eigenvalue weighted by Gasteiger charge is 2.35. The van der Waals surface area contributed by atoms with E-state index >= 15 is 0 Å². The summed E-state index contributed by atoms with van der Waals surface area (Å²) < 4.78 is 0. The van der Waals surface area contributed by atoms with Crippen molar-refractivity contribution in [2.75, 3.05) is 19.6 Å². The molecule has 1 saturated heterocycles. The van der Waals surface area contributed by atoms with Crippen molar-refractivity contribution < 1.29 is 5.11 Å². The molecule has 2 heteroatoms. The van der Waals surface area contributed by atoms with Crippen molar-refractivity contribution in [1.29, 1.82) is 0 Å². The summed E-state index contributed by atoms with van der Waals surface area (Å²) >= 11 is 0. The highest BCUT2D eigenvalue weighted by molar-refractivity contribution is 5.21. The van der Waals surface area contributed by atoms with E-state index in [1.54, 1.807) is 0 Å². The Morgan fingerprint density at radius 2 is 1.79 bits per heavy atom. The molecule has 2 unspecified atom stereocenters. The second-order valence-electron chi connectivity index (χ2n) is 7.23. The van der Waals surface area contributed by atoms with E-state index in [0.717, 1.165) is 31.1 Å². The molecule has 0 aromatic heterocycles. The third-order valence-electron chi connectivity index (χ3n) is 4.42. The Kier molecular flexibility index (Phi) is 4.03. The first kappa shape index (κ1) is 14.5. The van der Waals surface area contributed by atoms with Crippen LogP contribution < -0.4 is 0 Å². The quantitative estimate of drug-likeness (QED) is 0.902. The van der Waals surface area contributed by atoms with Crippen LogP contribution >= 0.6 is 0 Å². The molecular weight excluding hydrogens is 234 g/mol. The van der Waals surface area contributed by atoms with Gasteiger partial charge in [-0.1, -0.05) is 51.1 Å². The van der Waals surface area contributed by atoms with Gasteiger partial charge >= 0.3 is 0 Å². The number of benzene rings is 1. The molecule has 1 aliphatic rings. The van der Waals surface area contributed by atoms with Crippen LogP contribution in [0.15, 0.2) is 30.3 Å². The third kappa shape index (κ3) is 3.58. The van der Waals surface area contributed by atoms with Crippen molar-refractivity contribution >= 4 is 0 Å². The molecule has 0 aliphatic carbocycles. The lowest BCUT2D eigenvalue weighted by atomic mass is 9.80. The van der Waals surface area contributed by atoms with Gasteiger partial charge in [0.05, 0.1) is 5.60 Å². The Balaban J connectivity index is 1.99. The molecule has 0 amide bonds. The Bertz CT molecular complexity index is 405. The molecular formula is C17H27NO. The number of aliphatic hydroxyl groups is 1. The van der Waals surface area contributed by atoms with Gasteiger partial charge in [0.1, 0.15) is 0 Å². The first-order valence-corrected chi connectivity index (χ1v) is 7.29. The van der Waals surface area contributed by atoms with Crippen molar-refractivity contribution in [3.63, 3.8) is 0 Å². The zero-order valence-electron chi connectivity index (χ0n) is 12.7. The lowest BCUT2D eigenvalue weighted by molar-refractivity contribution is 0.0201. The summed E-state index contributed by atoms with van der Waals surface area (Å²) in [5.74, 6) is 0.735. The van der Waals surface area contributed by atoms with Gasteiger partial charge in [-0.15, -0.1) is 0 Å². The highest BCUT2D eigenvalue weighted by Crippen LogP contribution is 2.34. The fourth-order valence-electron chi connectivity index (χ4n) is 3.01. The average molecular weight is 261 g/mol. The van der Waals surface area contributed by atoms with Crippen molar-refractivity contribution in [3.05, 3.63) is 35.9 Å². The Hall–Kier alpha value is -0.860. The van der Waals surface area contributed by atoms with E-state index in [4.69, 9.17) is 0 Å². The second kappa shape index (κ2) is 5.26. The lowest BCUT2D eigenvalue weighted by Crippen LogP contribution is -2.38. The summed E-state index contributed by atoms with van der Waals surface area (Å²) in [4.78, 5) is 2.41. The first-order valence-electron chi connectivity index (χ1n) is 7.29. The second-order valence-corrected chi connectivity index (χ2v) is 7.23. The standard InChI is InChI=1S/C17H27NO/c1-16(2,3)15-10-11-18(12-15)13-17(4,19)14-8-6-5-7-9-14/h5-9,15,19H,10-13H2,1-4H3. The van der Waals surface area contributed by atoms with E-state index in [1.165, 1.54) is 6.42 Å². The van der Waals surface area contributed by atoms with E-state index in [2.05, 4.69) is 25.7 Å². The predicted octanol–water partition coefficient (Wildman–Crippen LogP) is 3.26. The van der Waals surface area contributed by atoms with Crippen LogP contribution in [0, 0.1) is 11.3 Å². The molecule has 1 heterocycles. The van der Waals surface area contributed by atoms with Gasteiger partial charge in [0.25, 0.3) is 0 Å². The number of likely N-dealkylation sites (tertiary alicyclic amines) is 1. The zero-order valence-corrected chi connectivity index (χ0v) is 12.7. The molecule has 106 valence electrons. The summed E-state index contributed by atoms with van der Waals surface area (Å²) in [5.41, 5.74) is 0.621. The van der Waals surface area contributed by atoms with Gasteiger partial charge < -0.3 is 5.11 Å². The van der Waals surface area contributed by atoms with E-state index in [0.29, 0.717) is 5.41 Å². The van der Waals surface area contributed by atoms with E-state index < -0.39 is 5.60 Å². The lowest BCUT2D eigenvalue weighted by Gasteiger charge is -2.31. The molecule has 1 aliphatic heterocycles. The molecule has 2 atom stereocenters. The monoisotopic (exact) mass is 261 g/mol. The zero-order chi connectivity index (χ0) is 14.1. The van der Waals surface area contributed by atoms with Crippen LogP contribution in [0.1, 0.15) is 39.7 Å². The van der Waals surface area contributed by atoms with Gasteiger partial charge in [-0.25, -0.2) is 0 Å². The normalized spacial score (nSPS) is 24.4. The van der Waals surface area contributed by atoms with Crippen LogP contribution in [-0.4, -0.2) is 29.6 Å². The van der Waals surface area contributed by atoms with E-state index in [9.17, 15) is 5.11 Å². The van der Waals surface area contributed by atoms with Gasteiger partial charge in [-0.05, 0) is 36.8 Å². The number of nitrogens with zero attached hydrogens (tertiary/aromatic N) is 1. The summed E-state index contributed by atoms with van der Waals surface area (Å²) in [6, 6.07) is 10.00. The fourth-order valence-corrected chi connectivity index (χ4v) is 3.01. The highest BCUT2D eigenvalue weighted by atomic mass is 16.3. The molecule has 0 bridgehead atoms. The Morgan fingerprint density at radius 1 is 1.16 bits per heavy atom. The number of hydrogen-bond acceptors (Lipinski definition) is 2. The van der Waals surface area contributed by atoms with Crippen LogP contribution in [-0.2, 0) is 5.60 Å². The maximum absolute atomic E-state index is 10.7. The molecule has 2 nitrogen and oxygen atoms in total. The van der Waals surface area contributed by atoms with Crippen LogP contribution in [0.25, 0.3) is 0 Å². The third-order valence-corrected chi connectivity index (χ3v) is 4.42. The molecule has 1 fully saturated rings. The summed E-state index contributed by atoms with van der Waals surface area (Å²) in [6.45, 7) is 11.8. The molecule has 1 aromatic carbocycles. The maximum Gasteiger partial charge on any atom is 0.0994 e. The molecule has 1 N–H and O–H groups in total. The van der Waals surface area contributed by atoms with Gasteiger partial charge in [0.15, 0.2) is 0 Å². The minimum Gasteiger partial charge on any atom is -0.384 e. The first-order chi connectivity index (χ1) is 8.79. The molecule has 1 aromatic rings. The summed E-state index contributed by atoms with van der Waals surface area (Å²) in [5, 5.41) is 10.7. The number of β-amino-alcohol motifs (C(OH)–C–C–N with tert-alkyl or cyclic N) is 1. The van der Waals surface area contributed by atoms with Crippen LogP contribution in [0.2, 0.25) is 0 Å². The fraction of sp³-hybridized carbons (Fsp3) is 0.647. The Morgan fingerprint density at radius 3 is 2.32 bits per heavy atom. The molecule has 2 rings (SSSR count). The summed E-state index contributed by atoms with van der Waals surface area (Å²) in [6.07, 6.45) is 1.24. The van der Waals surface area contributed by atoms with Gasteiger partial charge in [0, 0.05) is 13.1 Å². The molecule has 0 radical (unpaired) electrons. The van der Waals surface area contributed by atoms with Gasteiger partial charge in [0.2, 0.25) is 0 Å². The topological polar surface area (TPSA) is 23.5 Å². The minimum atomic E-state index is -0.756. The smallest absolute Gasteiger partial charge is 0.0994 e. The van der Waals surface area contributed by atoms with Gasteiger partial charge in [-0.2, -0.15) is 0 Å². The van der Waals surface area contributed by atoms with Crippen molar-refractivity contribution in [2.24, 2.45) is 11.3 Å². The maximum atomic E-state index is 10.7. The van der Waals surface area contributed by atoms with Crippen LogP contribution in [0.5, 0.6) is 0 Å². The number of hydrogen-bond donors (Lipinski definition) is 1. The van der Waals surface area contributed by atoms with Crippen molar-refractivity contribution in [1.82, 2.24) is 4.90 Å². The SMILES string of the molecule is CC(O)(CN1CCC(C(C)(C)C)C1)c1ccccc1. The molecule has 19 heavy (non-hydrogen) atoms. The van der Waals surface area contributed by atoms with Crippen molar-refractivity contribution in [2.45, 2.75) is 39.7 Å². The van der Waals surface area contributed by atoms with Crippen LogP contribution in [0.3, 0.4) is 0 Å². The van der Waals surface area contributed by atoms with Crippen LogP contribution in [0.4, 0.5) is 0 Å². The number of rotatable bonds is 3. The molecule has 0 spiro atoms. The summed E-state index contributed by atoms with van der Waals surface area (Å²) in [7, 11) is 0. The van der Waals surface area contributed by atoms with Gasteiger partial charge in [-0.3, -0.25) is 4.90 Å².